The third-order valence-corrected chi connectivity index (χ3v) is 1.06. The highest BCUT2D eigenvalue weighted by Crippen LogP contribution is 1.96. The minimum Gasteiger partial charge on any atom is -0.305 e. The molecule has 1 aromatic heterocycles. The number of hydrogen-bond donors (Lipinski definition) is 1. The molecule has 10 heavy (non-hydrogen) atoms. The first kappa shape index (κ1) is 6.67. The molecule has 0 aliphatic heterocycles. The third-order valence-electron chi connectivity index (χ3n) is 1.06. The van der Waals surface area contributed by atoms with Crippen LogP contribution in [-0.4, -0.2) is 4.98 Å². The van der Waals surface area contributed by atoms with Gasteiger partial charge < -0.3 is 5.84 Å². The van der Waals surface area contributed by atoms with Gasteiger partial charge in [0.2, 0.25) is 0 Å². The SMILES string of the molecule is NN=NCc1cccnc1. The molecule has 0 amide bonds. The van der Waals surface area contributed by atoms with Crippen molar-refractivity contribution in [3.05, 3.63) is 30.1 Å². The summed E-state index contributed by atoms with van der Waals surface area (Å²) in [6.45, 7) is 0.504. The third kappa shape index (κ3) is 1.81. The van der Waals surface area contributed by atoms with Crippen LogP contribution < -0.4 is 5.84 Å². The predicted molar refractivity (Wildman–Crippen MR) is 37.0 cm³/mol. The van der Waals surface area contributed by atoms with E-state index in [-0.39, 0.29) is 0 Å². The molecule has 1 heterocycles. The molecule has 4 heteroatoms. The van der Waals surface area contributed by atoms with E-state index in [1.807, 2.05) is 12.1 Å². The van der Waals surface area contributed by atoms with Crippen LogP contribution in [0.25, 0.3) is 0 Å². The number of aromatic nitrogens is 1. The van der Waals surface area contributed by atoms with Crippen LogP contribution in [0.2, 0.25) is 0 Å². The van der Waals surface area contributed by atoms with Gasteiger partial charge in [0.1, 0.15) is 0 Å². The maximum atomic E-state index is 4.81. The van der Waals surface area contributed by atoms with E-state index in [0.717, 1.165) is 5.56 Å². The highest BCUT2D eigenvalue weighted by Gasteiger charge is 1.86. The predicted octanol–water partition coefficient (Wildman–Crippen LogP) is 0.908. The van der Waals surface area contributed by atoms with Gasteiger partial charge in [-0.3, -0.25) is 4.98 Å². The molecule has 0 unspecified atom stereocenters. The van der Waals surface area contributed by atoms with E-state index < -0.39 is 0 Å². The van der Waals surface area contributed by atoms with Crippen LogP contribution in [-0.2, 0) is 6.54 Å². The quantitative estimate of drug-likeness (QED) is 0.373. The summed E-state index contributed by atoms with van der Waals surface area (Å²) in [7, 11) is 0. The van der Waals surface area contributed by atoms with Gasteiger partial charge in [-0.05, 0) is 11.6 Å². The Morgan fingerprint density at radius 3 is 3.10 bits per heavy atom. The van der Waals surface area contributed by atoms with Crippen molar-refractivity contribution in [1.29, 1.82) is 0 Å². The first-order chi connectivity index (χ1) is 4.93. The van der Waals surface area contributed by atoms with Crippen molar-refractivity contribution in [3.63, 3.8) is 0 Å². The van der Waals surface area contributed by atoms with Gasteiger partial charge in [-0.15, -0.1) is 0 Å². The Morgan fingerprint density at radius 1 is 1.60 bits per heavy atom. The van der Waals surface area contributed by atoms with Gasteiger partial charge in [-0.25, -0.2) is 0 Å². The van der Waals surface area contributed by atoms with Crippen LogP contribution in [0, 0.1) is 0 Å². The number of nitrogens with two attached hydrogens (primary N) is 1. The standard InChI is InChI=1S/C6H8N4/c7-10-9-5-6-2-1-3-8-4-6/h1-4H,5H2,(H2,7,9). The molecule has 0 saturated heterocycles. The van der Waals surface area contributed by atoms with E-state index in [2.05, 4.69) is 15.3 Å². The lowest BCUT2D eigenvalue weighted by molar-refractivity contribution is 0.888. The van der Waals surface area contributed by atoms with Gasteiger partial charge in [-0.2, -0.15) is 5.11 Å². The maximum absolute atomic E-state index is 4.81. The van der Waals surface area contributed by atoms with Crippen molar-refractivity contribution < 1.29 is 0 Å². The molecule has 0 bridgehead atoms. The highest BCUT2D eigenvalue weighted by atomic mass is 15.3. The summed E-state index contributed by atoms with van der Waals surface area (Å²) in [6, 6.07) is 3.77. The van der Waals surface area contributed by atoms with Crippen molar-refractivity contribution >= 4 is 0 Å². The zero-order valence-electron chi connectivity index (χ0n) is 5.44. The van der Waals surface area contributed by atoms with E-state index in [1.54, 1.807) is 12.4 Å². The lowest BCUT2D eigenvalue weighted by Gasteiger charge is -1.90. The van der Waals surface area contributed by atoms with Crippen LogP contribution >= 0.6 is 0 Å². The highest BCUT2D eigenvalue weighted by molar-refractivity contribution is 5.07. The molecule has 52 valence electrons. The monoisotopic (exact) mass is 136 g/mol. The zero-order chi connectivity index (χ0) is 7.23. The molecule has 2 N–H and O–H groups in total. The number of pyridine rings is 1. The average molecular weight is 136 g/mol. The topological polar surface area (TPSA) is 63.6 Å². The normalized spacial score (nSPS) is 10.4. The van der Waals surface area contributed by atoms with Gasteiger partial charge in [0, 0.05) is 12.4 Å². The second-order valence-corrected chi connectivity index (χ2v) is 1.78. The second kappa shape index (κ2) is 3.55. The molecule has 4 nitrogen and oxygen atoms in total. The first-order valence-corrected chi connectivity index (χ1v) is 2.89. The fourth-order valence-corrected chi connectivity index (χ4v) is 0.614. The van der Waals surface area contributed by atoms with E-state index in [9.17, 15) is 0 Å². The second-order valence-electron chi connectivity index (χ2n) is 1.78. The Balaban J connectivity index is 2.59. The molecule has 0 spiro atoms. The van der Waals surface area contributed by atoms with Gasteiger partial charge in [-0.1, -0.05) is 11.3 Å². The minimum absolute atomic E-state index is 0.504. The van der Waals surface area contributed by atoms with E-state index in [1.165, 1.54) is 0 Å². The fraction of sp³-hybridized carbons (Fsp3) is 0.167. The molecule has 0 aromatic carbocycles. The Hall–Kier alpha value is -1.45. The summed E-state index contributed by atoms with van der Waals surface area (Å²) in [5.41, 5.74) is 1.01. The zero-order valence-corrected chi connectivity index (χ0v) is 5.44. The summed E-state index contributed by atoms with van der Waals surface area (Å²) in [4.78, 5) is 3.90. The van der Waals surface area contributed by atoms with Crippen molar-refractivity contribution in [2.24, 2.45) is 16.2 Å². The van der Waals surface area contributed by atoms with E-state index in [4.69, 9.17) is 5.84 Å². The largest absolute Gasteiger partial charge is 0.305 e. The molecule has 0 aliphatic rings. The lowest BCUT2D eigenvalue weighted by atomic mass is 10.3. The summed E-state index contributed by atoms with van der Waals surface area (Å²) >= 11 is 0. The molecule has 1 aromatic rings. The number of nitrogens with zero attached hydrogens (tertiary/aromatic N) is 3. The van der Waals surface area contributed by atoms with Crippen LogP contribution in [0.4, 0.5) is 0 Å². The van der Waals surface area contributed by atoms with Crippen LogP contribution in [0.5, 0.6) is 0 Å². The van der Waals surface area contributed by atoms with Crippen LogP contribution in [0.1, 0.15) is 5.56 Å². The molecule has 1 rings (SSSR count). The molecular weight excluding hydrogens is 128 g/mol. The summed E-state index contributed by atoms with van der Waals surface area (Å²) in [6.07, 6.45) is 3.44. The molecule has 0 saturated carbocycles. The van der Waals surface area contributed by atoms with Crippen LogP contribution in [0.3, 0.4) is 0 Å². The minimum atomic E-state index is 0.504. The van der Waals surface area contributed by atoms with Crippen molar-refractivity contribution in [1.82, 2.24) is 4.98 Å². The lowest BCUT2D eigenvalue weighted by Crippen LogP contribution is -1.82. The first-order valence-electron chi connectivity index (χ1n) is 2.89. The molecule has 0 fully saturated rings. The van der Waals surface area contributed by atoms with Crippen LogP contribution in [0.15, 0.2) is 34.9 Å². The van der Waals surface area contributed by atoms with Crippen molar-refractivity contribution in [2.45, 2.75) is 6.54 Å². The molecule has 0 radical (unpaired) electrons. The molecular formula is C6H8N4. The summed E-state index contributed by atoms with van der Waals surface area (Å²) in [5, 5.41) is 6.73. The Labute approximate surface area is 58.8 Å². The Bertz CT molecular complexity index is 206. The maximum Gasteiger partial charge on any atom is 0.0885 e. The van der Waals surface area contributed by atoms with Crippen molar-refractivity contribution in [3.8, 4) is 0 Å². The van der Waals surface area contributed by atoms with Gasteiger partial charge in [0.05, 0.1) is 6.54 Å². The molecule has 0 atom stereocenters. The molecule has 0 aliphatic carbocycles. The van der Waals surface area contributed by atoms with E-state index >= 15 is 0 Å². The van der Waals surface area contributed by atoms with Crippen molar-refractivity contribution in [2.75, 3.05) is 0 Å². The van der Waals surface area contributed by atoms with E-state index in [0.29, 0.717) is 6.54 Å². The Morgan fingerprint density at radius 2 is 2.50 bits per heavy atom. The summed E-state index contributed by atoms with van der Waals surface area (Å²) in [5.74, 6) is 4.81. The Kier molecular flexibility index (Phi) is 2.37. The van der Waals surface area contributed by atoms with Gasteiger partial charge >= 0.3 is 0 Å². The van der Waals surface area contributed by atoms with Gasteiger partial charge in [0.15, 0.2) is 0 Å². The summed E-state index contributed by atoms with van der Waals surface area (Å²) < 4.78 is 0. The number of hydrogen-bond acceptors (Lipinski definition) is 3. The average Bonchev–Trinajstić information content (AvgIpc) is 2.03. The fourth-order valence-electron chi connectivity index (χ4n) is 0.614. The number of rotatable bonds is 2. The van der Waals surface area contributed by atoms with Gasteiger partial charge in [0.25, 0.3) is 0 Å². The smallest absolute Gasteiger partial charge is 0.0885 e.